The fraction of sp³-hybridized carbons (Fsp3) is 0.619. The summed E-state index contributed by atoms with van der Waals surface area (Å²) < 4.78 is 0. The number of fused-ring (bicyclic) bond motifs is 2. The topological polar surface area (TPSA) is 52.7 Å². The van der Waals surface area contributed by atoms with Gasteiger partial charge in [-0.2, -0.15) is 0 Å². The molecular weight excluding hydrogens is 326 g/mol. The number of nitrogens with zero attached hydrogens (tertiary/aromatic N) is 2. The van der Waals surface area contributed by atoms with Crippen LogP contribution in [0.25, 0.3) is 0 Å². The van der Waals surface area contributed by atoms with Crippen LogP contribution in [0.5, 0.6) is 0 Å². The normalized spacial score (nSPS) is 29.4. The Morgan fingerprint density at radius 1 is 1.15 bits per heavy atom. The van der Waals surface area contributed by atoms with Crippen LogP contribution >= 0.6 is 0 Å². The first kappa shape index (κ1) is 17.5. The van der Waals surface area contributed by atoms with Crippen molar-refractivity contribution in [1.29, 1.82) is 0 Å². The summed E-state index contributed by atoms with van der Waals surface area (Å²) in [4.78, 5) is 29.0. The van der Waals surface area contributed by atoms with E-state index in [4.69, 9.17) is 0 Å². The highest BCUT2D eigenvalue weighted by Gasteiger charge is 2.49. The van der Waals surface area contributed by atoms with Crippen LogP contribution in [-0.2, 0) is 15.0 Å². The lowest BCUT2D eigenvalue weighted by Gasteiger charge is -2.40. The van der Waals surface area contributed by atoms with Gasteiger partial charge in [-0.1, -0.05) is 12.1 Å². The Morgan fingerprint density at radius 2 is 1.92 bits per heavy atom. The second-order valence-electron chi connectivity index (χ2n) is 8.21. The first-order valence-electron chi connectivity index (χ1n) is 9.92. The Morgan fingerprint density at radius 3 is 2.65 bits per heavy atom. The molecule has 2 aliphatic heterocycles. The van der Waals surface area contributed by atoms with Crippen molar-refractivity contribution in [2.75, 3.05) is 31.5 Å². The molecule has 3 aliphatic rings. The highest BCUT2D eigenvalue weighted by Crippen LogP contribution is 2.48. The van der Waals surface area contributed by atoms with Gasteiger partial charge in [0.2, 0.25) is 11.8 Å². The van der Waals surface area contributed by atoms with E-state index in [9.17, 15) is 9.59 Å². The molecule has 0 aromatic heterocycles. The summed E-state index contributed by atoms with van der Waals surface area (Å²) >= 11 is 0. The number of carbonyl (C=O) groups is 2. The highest BCUT2D eigenvalue weighted by atomic mass is 16.2. The average molecular weight is 355 g/mol. The fourth-order valence-corrected chi connectivity index (χ4v) is 5.12. The number of amides is 2. The van der Waals surface area contributed by atoms with Gasteiger partial charge in [-0.25, -0.2) is 0 Å². The van der Waals surface area contributed by atoms with Gasteiger partial charge in [-0.05, 0) is 56.2 Å². The average Bonchev–Trinajstić information content (AvgIpc) is 2.79. The standard InChI is InChI=1S/C21H29N3O2/c1-15-4-5-18-19(14-15)22-20(26)21(18)8-6-17(7-9-21)24-11-3-10-23(12-13-24)16(2)25/h4-5,14,17H,3,6-13H2,1-2H3,(H,22,26). The summed E-state index contributed by atoms with van der Waals surface area (Å²) in [7, 11) is 0. The van der Waals surface area contributed by atoms with E-state index < -0.39 is 0 Å². The Labute approximate surface area is 155 Å². The van der Waals surface area contributed by atoms with E-state index >= 15 is 0 Å². The Kier molecular flexibility index (Phi) is 4.51. The Bertz CT molecular complexity index is 722. The van der Waals surface area contributed by atoms with Gasteiger partial charge in [0.1, 0.15) is 0 Å². The van der Waals surface area contributed by atoms with Gasteiger partial charge >= 0.3 is 0 Å². The van der Waals surface area contributed by atoms with Crippen molar-refractivity contribution in [3.8, 4) is 0 Å². The zero-order valence-corrected chi connectivity index (χ0v) is 15.9. The van der Waals surface area contributed by atoms with Gasteiger partial charge < -0.3 is 10.2 Å². The van der Waals surface area contributed by atoms with Gasteiger partial charge in [0, 0.05) is 44.8 Å². The van der Waals surface area contributed by atoms with Crippen LogP contribution in [0.4, 0.5) is 5.69 Å². The molecule has 0 atom stereocenters. The minimum absolute atomic E-state index is 0.184. The van der Waals surface area contributed by atoms with Crippen LogP contribution in [0, 0.1) is 6.92 Å². The smallest absolute Gasteiger partial charge is 0.235 e. The number of anilines is 1. The molecule has 26 heavy (non-hydrogen) atoms. The predicted octanol–water partition coefficient (Wildman–Crippen LogP) is 2.68. The summed E-state index contributed by atoms with van der Waals surface area (Å²) in [6.07, 6.45) is 5.00. The van der Waals surface area contributed by atoms with Crippen molar-refractivity contribution in [3.63, 3.8) is 0 Å². The molecule has 140 valence electrons. The largest absolute Gasteiger partial charge is 0.342 e. The monoisotopic (exact) mass is 355 g/mol. The summed E-state index contributed by atoms with van der Waals surface area (Å²) in [5.74, 6) is 0.374. The molecule has 5 heteroatoms. The van der Waals surface area contributed by atoms with Crippen LogP contribution in [-0.4, -0.2) is 53.8 Å². The maximum atomic E-state index is 12.8. The van der Waals surface area contributed by atoms with Crippen LogP contribution in [0.1, 0.15) is 50.2 Å². The van der Waals surface area contributed by atoms with E-state index in [2.05, 4.69) is 35.3 Å². The Balaban J connectivity index is 1.45. The van der Waals surface area contributed by atoms with E-state index in [0.717, 1.165) is 64.0 Å². The number of aryl methyl sites for hydroxylation is 1. The predicted molar refractivity (Wildman–Crippen MR) is 102 cm³/mol. The molecule has 5 nitrogen and oxygen atoms in total. The third-order valence-corrected chi connectivity index (χ3v) is 6.67. The third-order valence-electron chi connectivity index (χ3n) is 6.67. The van der Waals surface area contributed by atoms with Crippen molar-refractivity contribution in [3.05, 3.63) is 29.3 Å². The number of hydrogen-bond acceptors (Lipinski definition) is 3. The van der Waals surface area contributed by atoms with Crippen LogP contribution in [0.3, 0.4) is 0 Å². The quantitative estimate of drug-likeness (QED) is 0.843. The number of rotatable bonds is 1. The van der Waals surface area contributed by atoms with Gasteiger partial charge in [-0.15, -0.1) is 0 Å². The van der Waals surface area contributed by atoms with Crippen molar-refractivity contribution < 1.29 is 9.59 Å². The number of hydrogen-bond donors (Lipinski definition) is 1. The molecule has 1 aliphatic carbocycles. The minimum atomic E-state index is -0.323. The van der Waals surface area contributed by atoms with Crippen molar-refractivity contribution in [2.24, 2.45) is 0 Å². The molecule has 0 bridgehead atoms. The maximum Gasteiger partial charge on any atom is 0.235 e. The van der Waals surface area contributed by atoms with E-state index in [1.54, 1.807) is 6.92 Å². The van der Waals surface area contributed by atoms with Crippen molar-refractivity contribution >= 4 is 17.5 Å². The summed E-state index contributed by atoms with van der Waals surface area (Å²) in [5, 5.41) is 3.12. The number of carbonyl (C=O) groups excluding carboxylic acids is 2. The third kappa shape index (κ3) is 2.92. The molecule has 2 fully saturated rings. The van der Waals surface area contributed by atoms with Gasteiger partial charge in [0.15, 0.2) is 0 Å². The fourth-order valence-electron chi connectivity index (χ4n) is 5.12. The van der Waals surface area contributed by atoms with Gasteiger partial charge in [0.05, 0.1) is 5.41 Å². The molecule has 1 N–H and O–H groups in total. The highest BCUT2D eigenvalue weighted by molar-refractivity contribution is 6.06. The van der Waals surface area contributed by atoms with Gasteiger partial charge in [-0.3, -0.25) is 14.5 Å². The van der Waals surface area contributed by atoms with Crippen LogP contribution in [0.2, 0.25) is 0 Å². The summed E-state index contributed by atoms with van der Waals surface area (Å²) in [6, 6.07) is 6.91. The van der Waals surface area contributed by atoms with E-state index in [1.165, 1.54) is 11.1 Å². The minimum Gasteiger partial charge on any atom is -0.342 e. The lowest BCUT2D eigenvalue weighted by atomic mass is 9.68. The number of nitrogens with one attached hydrogen (secondary N) is 1. The lowest BCUT2D eigenvalue weighted by Crippen LogP contribution is -2.46. The second kappa shape index (κ2) is 6.69. The zero-order valence-electron chi connectivity index (χ0n) is 15.9. The van der Waals surface area contributed by atoms with E-state index in [-0.39, 0.29) is 17.2 Å². The van der Waals surface area contributed by atoms with E-state index in [0.29, 0.717) is 6.04 Å². The summed E-state index contributed by atoms with van der Waals surface area (Å²) in [5.41, 5.74) is 3.08. The first-order valence-corrected chi connectivity index (χ1v) is 9.92. The second-order valence-corrected chi connectivity index (χ2v) is 8.21. The first-order chi connectivity index (χ1) is 12.5. The molecule has 0 radical (unpaired) electrons. The maximum absolute atomic E-state index is 12.8. The molecule has 1 spiro atoms. The molecular formula is C21H29N3O2. The molecule has 4 rings (SSSR count). The molecule has 1 aromatic rings. The zero-order chi connectivity index (χ0) is 18.3. The number of benzene rings is 1. The molecule has 2 amide bonds. The van der Waals surface area contributed by atoms with Crippen LogP contribution in [0.15, 0.2) is 18.2 Å². The molecule has 0 unspecified atom stereocenters. The lowest BCUT2D eigenvalue weighted by molar-refractivity contribution is -0.128. The van der Waals surface area contributed by atoms with Gasteiger partial charge in [0.25, 0.3) is 0 Å². The Hall–Kier alpha value is -1.88. The molecule has 1 saturated carbocycles. The molecule has 1 saturated heterocycles. The van der Waals surface area contributed by atoms with E-state index in [1.807, 2.05) is 4.90 Å². The summed E-state index contributed by atoms with van der Waals surface area (Å²) in [6.45, 7) is 7.45. The van der Waals surface area contributed by atoms with Crippen LogP contribution < -0.4 is 5.32 Å². The molecule has 1 aromatic carbocycles. The van der Waals surface area contributed by atoms with Crippen molar-refractivity contribution in [1.82, 2.24) is 9.80 Å². The molecule has 2 heterocycles. The SMILES string of the molecule is CC(=O)N1CCCN(C2CCC3(CC2)C(=O)Nc2cc(C)ccc23)CC1. The van der Waals surface area contributed by atoms with Crippen molar-refractivity contribution in [2.45, 2.75) is 57.4 Å².